The molecule has 0 bridgehead atoms. The summed E-state index contributed by atoms with van der Waals surface area (Å²) in [6.45, 7) is 5.87. The van der Waals surface area contributed by atoms with Crippen molar-refractivity contribution < 1.29 is 19.1 Å². The number of anilines is 1. The smallest absolute Gasteiger partial charge is 0.331 e. The molecule has 1 N–H and O–H groups in total. The second-order valence-electron chi connectivity index (χ2n) is 7.70. The number of halogens is 1. The van der Waals surface area contributed by atoms with Gasteiger partial charge in [-0.3, -0.25) is 4.79 Å². The monoisotopic (exact) mass is 463 g/mol. The highest BCUT2D eigenvalue weighted by molar-refractivity contribution is 6.30. The molecule has 0 saturated carbocycles. The first-order valence-corrected chi connectivity index (χ1v) is 10.9. The van der Waals surface area contributed by atoms with Gasteiger partial charge in [0.05, 0.1) is 0 Å². The van der Waals surface area contributed by atoms with E-state index in [0.717, 1.165) is 22.3 Å². The molecule has 3 aromatic carbocycles. The van der Waals surface area contributed by atoms with E-state index in [0.29, 0.717) is 23.1 Å². The number of rotatable bonds is 8. The highest BCUT2D eigenvalue weighted by Gasteiger charge is 2.17. The van der Waals surface area contributed by atoms with E-state index in [4.69, 9.17) is 21.1 Å². The zero-order valence-electron chi connectivity index (χ0n) is 18.8. The zero-order valence-corrected chi connectivity index (χ0v) is 19.6. The van der Waals surface area contributed by atoms with E-state index in [1.54, 1.807) is 6.08 Å². The molecule has 0 heterocycles. The number of ether oxygens (including phenoxy) is 2. The summed E-state index contributed by atoms with van der Waals surface area (Å²) in [5.41, 5.74) is 4.57. The minimum absolute atomic E-state index is 0.383. The van der Waals surface area contributed by atoms with Crippen molar-refractivity contribution in [1.29, 1.82) is 0 Å². The van der Waals surface area contributed by atoms with Gasteiger partial charge in [-0.25, -0.2) is 4.79 Å². The Balaban J connectivity index is 1.47. The first-order chi connectivity index (χ1) is 15.8. The molecule has 1 atom stereocenters. The summed E-state index contributed by atoms with van der Waals surface area (Å²) in [5.74, 6) is -0.270. The lowest BCUT2D eigenvalue weighted by Gasteiger charge is -2.14. The van der Waals surface area contributed by atoms with Crippen LogP contribution in [-0.2, 0) is 20.9 Å². The van der Waals surface area contributed by atoms with Crippen molar-refractivity contribution in [3.8, 4) is 5.75 Å². The molecule has 0 radical (unpaired) electrons. The Morgan fingerprint density at radius 1 is 1.00 bits per heavy atom. The number of carbonyl (C=O) groups excluding carboxylic acids is 2. The fourth-order valence-corrected chi connectivity index (χ4v) is 3.17. The van der Waals surface area contributed by atoms with E-state index in [2.05, 4.69) is 5.32 Å². The van der Waals surface area contributed by atoms with E-state index in [1.165, 1.54) is 13.0 Å². The summed E-state index contributed by atoms with van der Waals surface area (Å²) in [5, 5.41) is 3.47. The van der Waals surface area contributed by atoms with Gasteiger partial charge in [0.2, 0.25) is 0 Å². The predicted molar refractivity (Wildman–Crippen MR) is 131 cm³/mol. The molecule has 0 aliphatic carbocycles. The van der Waals surface area contributed by atoms with Gasteiger partial charge in [-0.15, -0.1) is 0 Å². The second-order valence-corrected chi connectivity index (χ2v) is 8.14. The molecule has 6 heteroatoms. The molecule has 33 heavy (non-hydrogen) atoms. The maximum atomic E-state index is 12.3. The van der Waals surface area contributed by atoms with E-state index in [9.17, 15) is 9.59 Å². The molecule has 0 aliphatic heterocycles. The Bertz CT molecular complexity index is 1140. The molecular weight excluding hydrogens is 438 g/mol. The van der Waals surface area contributed by atoms with Crippen LogP contribution in [0, 0.1) is 13.8 Å². The molecule has 0 aromatic heterocycles. The van der Waals surface area contributed by atoms with Crippen LogP contribution in [0.3, 0.4) is 0 Å². The van der Waals surface area contributed by atoms with Gasteiger partial charge in [-0.1, -0.05) is 53.6 Å². The Labute approximate surface area is 199 Å². The van der Waals surface area contributed by atoms with Gasteiger partial charge in [0.1, 0.15) is 12.4 Å². The van der Waals surface area contributed by atoms with Crippen LogP contribution in [0.5, 0.6) is 5.75 Å². The second kappa shape index (κ2) is 11.3. The first-order valence-electron chi connectivity index (χ1n) is 10.5. The molecular formula is C27H26ClNO4. The number of hydrogen-bond acceptors (Lipinski definition) is 4. The number of amides is 1. The highest BCUT2D eigenvalue weighted by Crippen LogP contribution is 2.18. The van der Waals surface area contributed by atoms with Crippen molar-refractivity contribution in [1.82, 2.24) is 0 Å². The number of nitrogens with one attached hydrogen (secondary N) is 1. The fraction of sp³-hybridized carbons (Fsp3) is 0.185. The summed E-state index contributed by atoms with van der Waals surface area (Å²) >= 11 is 5.88. The minimum atomic E-state index is -0.925. The zero-order chi connectivity index (χ0) is 23.8. The largest absolute Gasteiger partial charge is 0.489 e. The molecule has 3 aromatic rings. The molecule has 0 fully saturated rings. The van der Waals surface area contributed by atoms with Crippen LogP contribution in [-0.4, -0.2) is 18.0 Å². The van der Waals surface area contributed by atoms with Crippen LogP contribution in [0.15, 0.2) is 72.8 Å². The predicted octanol–water partition coefficient (Wildman–Crippen LogP) is 6.12. The molecule has 5 nitrogen and oxygen atoms in total. The van der Waals surface area contributed by atoms with E-state index in [1.807, 2.05) is 80.6 Å². The number of benzene rings is 3. The van der Waals surface area contributed by atoms with Crippen LogP contribution >= 0.6 is 11.6 Å². The van der Waals surface area contributed by atoms with Crippen molar-refractivity contribution in [2.75, 3.05) is 5.32 Å². The minimum Gasteiger partial charge on any atom is -0.489 e. The van der Waals surface area contributed by atoms with Gasteiger partial charge in [-0.05, 0) is 73.9 Å². The van der Waals surface area contributed by atoms with Gasteiger partial charge in [0, 0.05) is 16.8 Å². The van der Waals surface area contributed by atoms with Crippen LogP contribution in [0.2, 0.25) is 5.02 Å². The van der Waals surface area contributed by atoms with Crippen LogP contribution in [0.25, 0.3) is 6.08 Å². The third-order valence-electron chi connectivity index (χ3n) is 4.91. The van der Waals surface area contributed by atoms with E-state index < -0.39 is 12.1 Å². The molecule has 3 rings (SSSR count). The van der Waals surface area contributed by atoms with Crippen molar-refractivity contribution >= 4 is 35.2 Å². The topological polar surface area (TPSA) is 64.6 Å². The number of aryl methyl sites for hydroxylation is 2. The lowest BCUT2D eigenvalue weighted by Crippen LogP contribution is -2.29. The molecule has 0 spiro atoms. The van der Waals surface area contributed by atoms with Gasteiger partial charge < -0.3 is 14.8 Å². The Hall–Kier alpha value is -3.57. The van der Waals surface area contributed by atoms with Gasteiger partial charge in [-0.2, -0.15) is 0 Å². The molecule has 0 saturated heterocycles. The molecule has 1 amide bonds. The summed E-state index contributed by atoms with van der Waals surface area (Å²) in [7, 11) is 0. The quantitative estimate of drug-likeness (QED) is 0.323. The van der Waals surface area contributed by atoms with E-state index >= 15 is 0 Å². The first kappa shape index (κ1) is 24.1. The van der Waals surface area contributed by atoms with Crippen LogP contribution in [0.1, 0.15) is 29.2 Å². The average Bonchev–Trinajstić information content (AvgIpc) is 2.79. The summed E-state index contributed by atoms with van der Waals surface area (Å²) in [6, 6.07) is 20.5. The number of esters is 1. The highest BCUT2D eigenvalue weighted by atomic mass is 35.5. The standard InChI is InChI=1S/C27H26ClNO4/c1-18-4-14-25(19(2)16-18)29-27(31)20(3)33-26(30)15-9-21-7-12-24(13-8-21)32-17-22-5-10-23(28)11-6-22/h4-16,20H,17H2,1-3H3,(H,29,31). The van der Waals surface area contributed by atoms with Gasteiger partial charge in [0.15, 0.2) is 6.10 Å². The SMILES string of the molecule is Cc1ccc(NC(=O)C(C)OC(=O)C=Cc2ccc(OCc3ccc(Cl)cc3)cc2)c(C)c1. The third kappa shape index (κ3) is 7.51. The third-order valence-corrected chi connectivity index (χ3v) is 5.16. The fourth-order valence-electron chi connectivity index (χ4n) is 3.04. The molecule has 170 valence electrons. The van der Waals surface area contributed by atoms with Crippen molar-refractivity contribution in [2.24, 2.45) is 0 Å². The average molecular weight is 464 g/mol. The van der Waals surface area contributed by atoms with Crippen LogP contribution < -0.4 is 10.1 Å². The van der Waals surface area contributed by atoms with Crippen LogP contribution in [0.4, 0.5) is 5.69 Å². The Morgan fingerprint density at radius 2 is 1.70 bits per heavy atom. The van der Waals surface area contributed by atoms with E-state index in [-0.39, 0.29) is 5.91 Å². The normalized spacial score (nSPS) is 11.8. The summed E-state index contributed by atoms with van der Waals surface area (Å²) in [6.07, 6.45) is 2.00. The Kier molecular flexibility index (Phi) is 8.28. The number of hydrogen-bond donors (Lipinski definition) is 1. The van der Waals surface area contributed by atoms with Crippen molar-refractivity contribution in [3.05, 3.63) is 100 Å². The summed E-state index contributed by atoms with van der Waals surface area (Å²) in [4.78, 5) is 24.5. The Morgan fingerprint density at radius 3 is 2.36 bits per heavy atom. The molecule has 1 unspecified atom stereocenters. The lowest BCUT2D eigenvalue weighted by atomic mass is 10.1. The van der Waals surface area contributed by atoms with Gasteiger partial charge in [0.25, 0.3) is 5.91 Å². The van der Waals surface area contributed by atoms with Gasteiger partial charge >= 0.3 is 5.97 Å². The maximum absolute atomic E-state index is 12.3. The number of carbonyl (C=O) groups is 2. The lowest BCUT2D eigenvalue weighted by molar-refractivity contribution is -0.148. The maximum Gasteiger partial charge on any atom is 0.331 e. The molecule has 0 aliphatic rings. The van der Waals surface area contributed by atoms with Crippen molar-refractivity contribution in [2.45, 2.75) is 33.5 Å². The summed E-state index contributed by atoms with van der Waals surface area (Å²) < 4.78 is 11.0. The van der Waals surface area contributed by atoms with Crippen molar-refractivity contribution in [3.63, 3.8) is 0 Å².